The highest BCUT2D eigenvalue weighted by Gasteiger charge is 2.55. The van der Waals surface area contributed by atoms with Crippen LogP contribution in [0.5, 0.6) is 0 Å². The number of morpholine rings is 1. The van der Waals surface area contributed by atoms with Crippen LogP contribution < -0.4 is 4.90 Å². The van der Waals surface area contributed by atoms with E-state index in [1.165, 1.54) is 6.08 Å². The number of benzene rings is 1. The summed E-state index contributed by atoms with van der Waals surface area (Å²) in [6.45, 7) is 16.1. The molecule has 3 aliphatic heterocycles. The maximum atomic E-state index is 12.1. The van der Waals surface area contributed by atoms with Crippen LogP contribution in [0, 0.1) is 12.3 Å². The quantitative estimate of drug-likeness (QED) is 0.372. The molecule has 1 saturated carbocycles. The second-order valence-electron chi connectivity index (χ2n) is 14.1. The van der Waals surface area contributed by atoms with Crippen LogP contribution in [0.15, 0.2) is 24.9 Å². The number of β-amino-alcohol motifs (C(OH)–C–C–N with tert-alkyl or cyclic N) is 1. The lowest BCUT2D eigenvalue weighted by atomic mass is 9.60. The zero-order valence-corrected chi connectivity index (χ0v) is 27.2. The van der Waals surface area contributed by atoms with Gasteiger partial charge in [0.2, 0.25) is 5.91 Å². The molecule has 10 nitrogen and oxygen atoms in total. The van der Waals surface area contributed by atoms with Crippen LogP contribution in [-0.2, 0) is 9.53 Å². The fourth-order valence-electron chi connectivity index (χ4n) is 8.35. The van der Waals surface area contributed by atoms with E-state index in [9.17, 15) is 9.90 Å². The number of H-pyrrole nitrogens is 1. The first-order valence-electron chi connectivity index (χ1n) is 15.5. The van der Waals surface area contributed by atoms with Crippen molar-refractivity contribution in [1.29, 1.82) is 0 Å². The number of aromatic amines is 1. The van der Waals surface area contributed by atoms with Gasteiger partial charge in [0.25, 0.3) is 0 Å². The van der Waals surface area contributed by atoms with Crippen LogP contribution in [0.25, 0.3) is 22.0 Å². The summed E-state index contributed by atoms with van der Waals surface area (Å²) in [4.78, 5) is 18.6. The minimum atomic E-state index is -0.806. The molecule has 1 amide bonds. The van der Waals surface area contributed by atoms with Crippen LogP contribution in [0.2, 0.25) is 10.0 Å². The molecule has 236 valence electrons. The van der Waals surface area contributed by atoms with Crippen LogP contribution in [0.3, 0.4) is 0 Å². The molecule has 3 saturated heterocycles. The zero-order valence-electron chi connectivity index (χ0n) is 25.7. The maximum absolute atomic E-state index is 12.1. The van der Waals surface area contributed by atoms with Crippen molar-refractivity contribution < 1.29 is 14.6 Å². The molecule has 2 N–H and O–H groups in total. The molecule has 12 heteroatoms. The van der Waals surface area contributed by atoms with E-state index in [0.717, 1.165) is 72.6 Å². The van der Waals surface area contributed by atoms with E-state index in [4.69, 9.17) is 33.0 Å². The molecule has 5 heterocycles. The second-order valence-corrected chi connectivity index (χ2v) is 14.9. The monoisotopic (exact) mass is 641 g/mol. The van der Waals surface area contributed by atoms with E-state index in [2.05, 4.69) is 52.0 Å². The van der Waals surface area contributed by atoms with Gasteiger partial charge in [0, 0.05) is 78.9 Å². The fourth-order valence-corrected chi connectivity index (χ4v) is 8.81. The van der Waals surface area contributed by atoms with E-state index in [-0.39, 0.29) is 22.9 Å². The molecule has 4 fully saturated rings. The molecule has 1 atom stereocenters. The van der Waals surface area contributed by atoms with E-state index < -0.39 is 5.60 Å². The van der Waals surface area contributed by atoms with Crippen LogP contribution in [0.1, 0.15) is 51.3 Å². The lowest BCUT2D eigenvalue weighted by Crippen LogP contribution is -2.63. The van der Waals surface area contributed by atoms with Gasteiger partial charge in [-0.05, 0) is 52.2 Å². The van der Waals surface area contributed by atoms with Crippen LogP contribution in [-0.4, -0.2) is 104 Å². The molecule has 1 aliphatic carbocycles. The van der Waals surface area contributed by atoms with Gasteiger partial charge in [-0.2, -0.15) is 10.2 Å². The van der Waals surface area contributed by atoms with E-state index in [0.29, 0.717) is 49.2 Å². The van der Waals surface area contributed by atoms with Gasteiger partial charge in [0.15, 0.2) is 5.82 Å². The number of aromatic nitrogens is 4. The molecular weight excluding hydrogens is 601 g/mol. The SMILES string of the molecule is C=CC(=O)N1CC2(CC(n3nc(N4CCC(O)(CN5CCOCC5)CC4(C)C)c(-c4c(Cl)c(Cl)cc5[nH]ncc45)c3C)C2)C1. The lowest BCUT2D eigenvalue weighted by molar-refractivity contribution is -0.149. The highest BCUT2D eigenvalue weighted by molar-refractivity contribution is 6.45. The first-order chi connectivity index (χ1) is 20.9. The molecule has 1 spiro atoms. The molecule has 7 rings (SSSR count). The molecular formula is C32H41Cl2N7O3. The Bertz CT molecular complexity index is 1610. The Morgan fingerprint density at radius 2 is 1.93 bits per heavy atom. The third-order valence-electron chi connectivity index (χ3n) is 10.4. The smallest absolute Gasteiger partial charge is 0.245 e. The summed E-state index contributed by atoms with van der Waals surface area (Å²) in [6.07, 6.45) is 6.35. The van der Waals surface area contributed by atoms with E-state index in [1.807, 2.05) is 11.0 Å². The number of carbonyl (C=O) groups excluding carboxylic acids is 1. The van der Waals surface area contributed by atoms with Gasteiger partial charge in [0.05, 0.1) is 46.6 Å². The average Bonchev–Trinajstić information content (AvgIpc) is 3.52. The van der Waals surface area contributed by atoms with Crippen molar-refractivity contribution in [2.24, 2.45) is 5.41 Å². The standard InChI is InChI=1S/C32H41Cl2N7O3/c1-5-25(42)39-17-31(18-39)13-21(14-31)41-20(2)26(27-22-15-35-36-24(22)12-23(33)28(27)34)29(37-41)40-7-6-32(43,16-30(40,3)4)19-38-8-10-44-11-9-38/h5,12,15,21,43H,1,6-11,13-14,16-19H2,2-4H3,(H,35,36). The van der Waals surface area contributed by atoms with Gasteiger partial charge in [0.1, 0.15) is 0 Å². The number of ether oxygens (including phenoxy) is 1. The van der Waals surface area contributed by atoms with Crippen molar-refractivity contribution in [3.8, 4) is 11.1 Å². The summed E-state index contributed by atoms with van der Waals surface area (Å²) in [5, 5.41) is 26.4. The molecule has 0 radical (unpaired) electrons. The summed E-state index contributed by atoms with van der Waals surface area (Å²) in [5.41, 5.74) is 2.57. The second kappa shape index (κ2) is 10.7. The number of piperidine rings is 1. The zero-order chi connectivity index (χ0) is 31.0. The van der Waals surface area contributed by atoms with Crippen molar-refractivity contribution >= 4 is 45.8 Å². The number of likely N-dealkylation sites (tertiary alicyclic amines) is 1. The molecule has 4 aliphatic rings. The highest BCUT2D eigenvalue weighted by Crippen LogP contribution is 2.56. The minimum absolute atomic E-state index is 0.000413. The van der Waals surface area contributed by atoms with E-state index in [1.54, 1.807) is 6.20 Å². The van der Waals surface area contributed by atoms with Crippen LogP contribution in [0.4, 0.5) is 5.82 Å². The molecule has 44 heavy (non-hydrogen) atoms. The van der Waals surface area contributed by atoms with Gasteiger partial charge >= 0.3 is 0 Å². The summed E-state index contributed by atoms with van der Waals surface area (Å²) in [6, 6.07) is 2.03. The molecule has 1 aromatic carbocycles. The normalized spacial score (nSPS) is 25.3. The summed E-state index contributed by atoms with van der Waals surface area (Å²) in [7, 11) is 0. The Hall–Kier alpha value is -2.63. The summed E-state index contributed by atoms with van der Waals surface area (Å²) < 4.78 is 7.70. The number of carbonyl (C=O) groups is 1. The van der Waals surface area contributed by atoms with E-state index >= 15 is 0 Å². The first-order valence-corrected chi connectivity index (χ1v) is 16.3. The van der Waals surface area contributed by atoms with Gasteiger partial charge in [-0.1, -0.05) is 29.8 Å². The summed E-state index contributed by atoms with van der Waals surface area (Å²) >= 11 is 13.7. The number of fused-ring (bicyclic) bond motifs is 1. The number of rotatable bonds is 6. The number of anilines is 1. The van der Waals surface area contributed by atoms with Gasteiger partial charge in [-0.25, -0.2) is 0 Å². The Labute approximate surface area is 267 Å². The van der Waals surface area contributed by atoms with Gasteiger partial charge in [-0.15, -0.1) is 0 Å². The maximum Gasteiger partial charge on any atom is 0.245 e. The molecule has 2 aromatic heterocycles. The number of halogens is 2. The number of amides is 1. The Morgan fingerprint density at radius 1 is 1.20 bits per heavy atom. The van der Waals surface area contributed by atoms with Crippen molar-refractivity contribution in [3.05, 3.63) is 40.7 Å². The third-order valence-corrected chi connectivity index (χ3v) is 11.2. The molecule has 1 unspecified atom stereocenters. The average molecular weight is 643 g/mol. The Morgan fingerprint density at radius 3 is 2.61 bits per heavy atom. The van der Waals surface area contributed by atoms with Crippen molar-refractivity contribution in [3.63, 3.8) is 0 Å². The fraction of sp³-hybridized carbons (Fsp3) is 0.594. The van der Waals surface area contributed by atoms with Crippen LogP contribution >= 0.6 is 23.2 Å². The van der Waals surface area contributed by atoms with Crippen molar-refractivity contribution in [1.82, 2.24) is 29.8 Å². The molecule has 0 bridgehead atoms. The predicted octanol–water partition coefficient (Wildman–Crippen LogP) is 4.83. The minimum Gasteiger partial charge on any atom is -0.388 e. The summed E-state index contributed by atoms with van der Waals surface area (Å²) in [5.74, 6) is 0.852. The third kappa shape index (κ3) is 4.94. The Balaban J connectivity index is 1.25. The number of nitrogens with zero attached hydrogens (tertiary/aromatic N) is 6. The molecule has 3 aromatic rings. The number of hydrogen-bond donors (Lipinski definition) is 2. The Kier molecular flexibility index (Phi) is 7.33. The topological polar surface area (TPSA) is 103 Å². The van der Waals surface area contributed by atoms with Crippen molar-refractivity contribution in [2.75, 3.05) is 57.4 Å². The van der Waals surface area contributed by atoms with Gasteiger partial charge < -0.3 is 19.6 Å². The lowest BCUT2D eigenvalue weighted by Gasteiger charge is -2.58. The van der Waals surface area contributed by atoms with Gasteiger partial charge in [-0.3, -0.25) is 19.5 Å². The number of hydrogen-bond acceptors (Lipinski definition) is 7. The predicted molar refractivity (Wildman–Crippen MR) is 172 cm³/mol. The van der Waals surface area contributed by atoms with Crippen molar-refractivity contribution in [2.45, 2.75) is 63.6 Å². The highest BCUT2D eigenvalue weighted by atomic mass is 35.5. The largest absolute Gasteiger partial charge is 0.388 e. The number of aliphatic hydroxyl groups is 1. The number of nitrogens with one attached hydrogen (secondary N) is 1. The first kappa shape index (κ1) is 30.0.